The van der Waals surface area contributed by atoms with Crippen LogP contribution in [0.1, 0.15) is 65.2 Å². The molecule has 0 aromatic carbocycles. The molecule has 0 spiro atoms. The van der Waals surface area contributed by atoms with E-state index in [2.05, 4.69) is 19.9 Å². The average Bonchev–Trinajstić information content (AvgIpc) is 2.76. The van der Waals surface area contributed by atoms with E-state index in [1.165, 1.54) is 32.1 Å². The smallest absolute Gasteiger partial charge is 0.0724 e. The van der Waals surface area contributed by atoms with Gasteiger partial charge in [0.1, 0.15) is 0 Å². The molecule has 2 nitrogen and oxygen atoms in total. The van der Waals surface area contributed by atoms with E-state index in [1.54, 1.807) is 16.7 Å². The Morgan fingerprint density at radius 3 is 2.62 bits per heavy atom. The number of allylic oxidation sites excluding steroid dienone is 2. The second-order valence-electron chi connectivity index (χ2n) is 8.37. The molecular formula is C19H29NO. The lowest BCUT2D eigenvalue weighted by Gasteiger charge is -2.53. The third kappa shape index (κ3) is 1.78. The fourth-order valence-electron chi connectivity index (χ4n) is 6.00. The molecule has 0 aliphatic heterocycles. The Balaban J connectivity index is 1.78. The lowest BCUT2D eigenvalue weighted by atomic mass is 9.52. The molecule has 116 valence electrons. The van der Waals surface area contributed by atoms with Gasteiger partial charge in [0.05, 0.1) is 6.10 Å². The molecule has 2 fully saturated rings. The largest absolute Gasteiger partial charge is 0.389 e. The fourth-order valence-corrected chi connectivity index (χ4v) is 6.00. The van der Waals surface area contributed by atoms with Gasteiger partial charge < -0.3 is 10.8 Å². The van der Waals surface area contributed by atoms with Crippen LogP contribution in [0.5, 0.6) is 0 Å². The first-order chi connectivity index (χ1) is 9.95. The van der Waals surface area contributed by atoms with Gasteiger partial charge in [-0.05, 0) is 62.7 Å². The number of aliphatic hydroxyl groups excluding tert-OH is 1. The van der Waals surface area contributed by atoms with E-state index in [0.717, 1.165) is 25.2 Å². The van der Waals surface area contributed by atoms with Crippen LogP contribution in [0.25, 0.3) is 0 Å². The fraction of sp³-hybridized carbons (Fsp3) is 0.789. The summed E-state index contributed by atoms with van der Waals surface area (Å²) in [6, 6.07) is 0.374. The van der Waals surface area contributed by atoms with E-state index in [0.29, 0.717) is 11.5 Å². The summed E-state index contributed by atoms with van der Waals surface area (Å²) >= 11 is 0. The van der Waals surface area contributed by atoms with Gasteiger partial charge in [-0.15, -0.1) is 0 Å². The summed E-state index contributed by atoms with van der Waals surface area (Å²) in [4.78, 5) is 0. The van der Waals surface area contributed by atoms with Gasteiger partial charge in [0, 0.05) is 11.5 Å². The van der Waals surface area contributed by atoms with Crippen molar-refractivity contribution in [3.8, 4) is 0 Å². The van der Waals surface area contributed by atoms with Crippen molar-refractivity contribution in [2.75, 3.05) is 0 Å². The minimum absolute atomic E-state index is 0.198. The van der Waals surface area contributed by atoms with Gasteiger partial charge in [0.2, 0.25) is 0 Å². The highest BCUT2D eigenvalue weighted by Crippen LogP contribution is 2.62. The second-order valence-corrected chi connectivity index (χ2v) is 8.37. The Morgan fingerprint density at radius 1 is 1.05 bits per heavy atom. The van der Waals surface area contributed by atoms with Crippen LogP contribution in [0.15, 0.2) is 22.8 Å². The normalized spacial score (nSPS) is 49.3. The molecule has 0 amide bonds. The summed E-state index contributed by atoms with van der Waals surface area (Å²) in [5.74, 6) is 0.721. The SMILES string of the molecule is C[C@]12CC[C@H]3C(=C1CC[C@@H]2N)CCC1=C[C@@H](O)CC[C@@]13C. The quantitative estimate of drug-likeness (QED) is 0.667. The number of hydrogen-bond acceptors (Lipinski definition) is 2. The third-order valence-corrected chi connectivity index (χ3v) is 7.49. The first kappa shape index (κ1) is 14.0. The molecule has 2 saturated carbocycles. The predicted molar refractivity (Wildman–Crippen MR) is 85.7 cm³/mol. The van der Waals surface area contributed by atoms with E-state index in [4.69, 9.17) is 5.73 Å². The molecular weight excluding hydrogens is 258 g/mol. The second kappa shape index (κ2) is 4.45. The number of rotatable bonds is 0. The van der Waals surface area contributed by atoms with E-state index >= 15 is 0 Å². The van der Waals surface area contributed by atoms with E-state index in [-0.39, 0.29) is 11.5 Å². The molecule has 4 rings (SSSR count). The maximum absolute atomic E-state index is 9.98. The van der Waals surface area contributed by atoms with Crippen LogP contribution in [0.3, 0.4) is 0 Å². The first-order valence-corrected chi connectivity index (χ1v) is 8.82. The zero-order valence-corrected chi connectivity index (χ0v) is 13.5. The molecule has 0 unspecified atom stereocenters. The van der Waals surface area contributed by atoms with Gasteiger partial charge in [0.25, 0.3) is 0 Å². The van der Waals surface area contributed by atoms with E-state index in [9.17, 15) is 5.11 Å². The van der Waals surface area contributed by atoms with Crippen molar-refractivity contribution >= 4 is 0 Å². The lowest BCUT2D eigenvalue weighted by molar-refractivity contribution is 0.109. The highest BCUT2D eigenvalue weighted by molar-refractivity contribution is 5.40. The van der Waals surface area contributed by atoms with Crippen LogP contribution in [0, 0.1) is 16.7 Å². The van der Waals surface area contributed by atoms with Crippen molar-refractivity contribution in [2.45, 2.75) is 77.4 Å². The summed E-state index contributed by atoms with van der Waals surface area (Å²) in [5, 5.41) is 9.98. The number of aliphatic hydroxyl groups is 1. The van der Waals surface area contributed by atoms with Crippen molar-refractivity contribution < 1.29 is 5.11 Å². The summed E-state index contributed by atoms with van der Waals surface area (Å²) in [6.45, 7) is 4.88. The van der Waals surface area contributed by atoms with Gasteiger partial charge in [-0.2, -0.15) is 0 Å². The summed E-state index contributed by atoms with van der Waals surface area (Å²) in [7, 11) is 0. The Morgan fingerprint density at radius 2 is 1.81 bits per heavy atom. The highest BCUT2D eigenvalue weighted by atomic mass is 16.3. The lowest BCUT2D eigenvalue weighted by Crippen LogP contribution is -2.45. The van der Waals surface area contributed by atoms with Crippen molar-refractivity contribution in [2.24, 2.45) is 22.5 Å². The molecule has 4 aliphatic rings. The number of hydrogen-bond donors (Lipinski definition) is 2. The monoisotopic (exact) mass is 287 g/mol. The van der Waals surface area contributed by atoms with Crippen LogP contribution in [0.4, 0.5) is 0 Å². The minimum atomic E-state index is -0.198. The molecule has 3 N–H and O–H groups in total. The summed E-state index contributed by atoms with van der Waals surface area (Å²) in [5.41, 5.74) is 12.1. The van der Waals surface area contributed by atoms with Crippen molar-refractivity contribution in [1.29, 1.82) is 0 Å². The molecule has 0 bridgehead atoms. The standard InChI is InChI=1S/C19H29NO/c1-18-9-7-13(21)11-12(18)3-4-14-15-5-6-17(20)19(15,2)10-8-16(14)18/h11,13,16-17,21H,3-10,20H2,1-2H3/t13-,16-,17-,18-,19-/m0/s1. The molecule has 4 aliphatic carbocycles. The van der Waals surface area contributed by atoms with Crippen molar-refractivity contribution in [1.82, 2.24) is 0 Å². The molecule has 21 heavy (non-hydrogen) atoms. The van der Waals surface area contributed by atoms with Crippen LogP contribution in [-0.2, 0) is 0 Å². The molecule has 2 heteroatoms. The van der Waals surface area contributed by atoms with E-state index < -0.39 is 0 Å². The Labute approximate surface area is 128 Å². The molecule has 0 heterocycles. The van der Waals surface area contributed by atoms with Crippen LogP contribution in [-0.4, -0.2) is 17.3 Å². The van der Waals surface area contributed by atoms with Gasteiger partial charge in [-0.25, -0.2) is 0 Å². The number of fused-ring (bicyclic) bond motifs is 4. The highest BCUT2D eigenvalue weighted by Gasteiger charge is 2.52. The van der Waals surface area contributed by atoms with Gasteiger partial charge >= 0.3 is 0 Å². The average molecular weight is 287 g/mol. The van der Waals surface area contributed by atoms with Crippen LogP contribution >= 0.6 is 0 Å². The molecule has 0 aromatic heterocycles. The summed E-state index contributed by atoms with van der Waals surface area (Å²) in [6.07, 6.45) is 11.4. The molecule has 0 aromatic rings. The maximum Gasteiger partial charge on any atom is 0.0724 e. The first-order valence-electron chi connectivity index (χ1n) is 8.82. The van der Waals surface area contributed by atoms with Crippen molar-refractivity contribution in [3.63, 3.8) is 0 Å². The topological polar surface area (TPSA) is 46.2 Å². The predicted octanol–water partition coefficient (Wildman–Crippen LogP) is 3.70. The zero-order valence-electron chi connectivity index (χ0n) is 13.5. The maximum atomic E-state index is 9.98. The summed E-state index contributed by atoms with van der Waals surface area (Å²) < 4.78 is 0. The van der Waals surface area contributed by atoms with Gasteiger partial charge in [0.15, 0.2) is 0 Å². The molecule has 5 atom stereocenters. The number of nitrogens with two attached hydrogens (primary N) is 1. The Bertz CT molecular complexity index is 534. The Hall–Kier alpha value is -0.600. The minimum Gasteiger partial charge on any atom is -0.389 e. The van der Waals surface area contributed by atoms with Gasteiger partial charge in [-0.1, -0.05) is 36.6 Å². The molecule has 0 radical (unpaired) electrons. The zero-order chi connectivity index (χ0) is 14.8. The third-order valence-electron chi connectivity index (χ3n) is 7.49. The Kier molecular flexibility index (Phi) is 2.97. The van der Waals surface area contributed by atoms with E-state index in [1.807, 2.05) is 0 Å². The van der Waals surface area contributed by atoms with Crippen LogP contribution in [0.2, 0.25) is 0 Å². The molecule has 0 saturated heterocycles. The van der Waals surface area contributed by atoms with Crippen molar-refractivity contribution in [3.05, 3.63) is 22.8 Å². The van der Waals surface area contributed by atoms with Crippen LogP contribution < -0.4 is 5.73 Å². The van der Waals surface area contributed by atoms with Gasteiger partial charge in [-0.3, -0.25) is 0 Å².